The van der Waals surface area contributed by atoms with Crippen molar-refractivity contribution in [2.45, 2.75) is 38.8 Å². The summed E-state index contributed by atoms with van der Waals surface area (Å²) in [6, 6.07) is 0.433. The highest BCUT2D eigenvalue weighted by atomic mass is 16.5. The number of morpholine rings is 1. The van der Waals surface area contributed by atoms with Crippen LogP contribution in [0.15, 0.2) is 0 Å². The Kier molecular flexibility index (Phi) is 7.82. The van der Waals surface area contributed by atoms with Crippen LogP contribution in [0.2, 0.25) is 0 Å². The summed E-state index contributed by atoms with van der Waals surface area (Å²) in [5.74, 6) is 0.577. The van der Waals surface area contributed by atoms with E-state index in [9.17, 15) is 0 Å². The van der Waals surface area contributed by atoms with Crippen LogP contribution in [0.1, 0.15) is 26.7 Å². The smallest absolute Gasteiger partial charge is 0.0857 e. The number of likely N-dealkylation sites (N-methyl/N-ethyl adjacent to an activating group) is 1. The Labute approximate surface area is 112 Å². The molecule has 1 aliphatic heterocycles. The van der Waals surface area contributed by atoms with Crippen molar-refractivity contribution >= 4 is 0 Å². The Morgan fingerprint density at radius 3 is 2.89 bits per heavy atom. The molecule has 108 valence electrons. The van der Waals surface area contributed by atoms with Crippen molar-refractivity contribution in [2.75, 3.05) is 47.0 Å². The van der Waals surface area contributed by atoms with E-state index in [4.69, 9.17) is 9.47 Å². The summed E-state index contributed by atoms with van der Waals surface area (Å²) in [7, 11) is 3.94. The van der Waals surface area contributed by atoms with E-state index in [1.54, 1.807) is 7.11 Å². The molecule has 1 heterocycles. The third-order valence-corrected chi connectivity index (χ3v) is 3.72. The number of hydrogen-bond acceptors (Lipinski definition) is 4. The van der Waals surface area contributed by atoms with Crippen molar-refractivity contribution in [1.82, 2.24) is 10.2 Å². The lowest BCUT2D eigenvalue weighted by molar-refractivity contribution is -0.0498. The third kappa shape index (κ3) is 5.22. The van der Waals surface area contributed by atoms with E-state index in [0.29, 0.717) is 18.1 Å². The zero-order valence-electron chi connectivity index (χ0n) is 12.4. The van der Waals surface area contributed by atoms with E-state index in [2.05, 4.69) is 31.1 Å². The maximum Gasteiger partial charge on any atom is 0.0857 e. The summed E-state index contributed by atoms with van der Waals surface area (Å²) in [4.78, 5) is 2.36. The van der Waals surface area contributed by atoms with Crippen LogP contribution in [0.5, 0.6) is 0 Å². The van der Waals surface area contributed by atoms with Gasteiger partial charge in [0.05, 0.1) is 12.7 Å². The van der Waals surface area contributed by atoms with Gasteiger partial charge in [0.2, 0.25) is 0 Å². The van der Waals surface area contributed by atoms with Crippen molar-refractivity contribution in [3.63, 3.8) is 0 Å². The minimum atomic E-state index is 0.308. The standard InChI is InChI=1S/C14H30N2O2/c1-5-7-15-14(12(2)6-9-17-4)13-11-16(3)8-10-18-13/h12-15H,5-11H2,1-4H3. The topological polar surface area (TPSA) is 33.7 Å². The number of rotatable bonds is 8. The summed E-state index contributed by atoms with van der Waals surface area (Å²) < 4.78 is 11.2. The van der Waals surface area contributed by atoms with E-state index in [1.165, 1.54) is 0 Å². The van der Waals surface area contributed by atoms with Gasteiger partial charge in [-0.3, -0.25) is 0 Å². The van der Waals surface area contributed by atoms with Crippen LogP contribution in [-0.2, 0) is 9.47 Å². The van der Waals surface area contributed by atoms with E-state index in [-0.39, 0.29) is 0 Å². The van der Waals surface area contributed by atoms with Gasteiger partial charge in [-0.25, -0.2) is 0 Å². The van der Waals surface area contributed by atoms with E-state index < -0.39 is 0 Å². The molecule has 1 rings (SSSR count). The average Bonchev–Trinajstić information content (AvgIpc) is 2.37. The lowest BCUT2D eigenvalue weighted by Crippen LogP contribution is -2.54. The highest BCUT2D eigenvalue weighted by Crippen LogP contribution is 2.17. The van der Waals surface area contributed by atoms with Crippen molar-refractivity contribution in [3.8, 4) is 0 Å². The number of hydrogen-bond donors (Lipinski definition) is 1. The van der Waals surface area contributed by atoms with Crippen molar-refractivity contribution in [2.24, 2.45) is 5.92 Å². The van der Waals surface area contributed by atoms with Gasteiger partial charge in [0.25, 0.3) is 0 Å². The first-order valence-corrected chi connectivity index (χ1v) is 7.21. The van der Waals surface area contributed by atoms with Crippen LogP contribution >= 0.6 is 0 Å². The molecule has 1 saturated heterocycles. The average molecular weight is 258 g/mol. The fourth-order valence-electron chi connectivity index (χ4n) is 2.52. The minimum Gasteiger partial charge on any atom is -0.385 e. The molecular formula is C14H30N2O2. The summed E-state index contributed by atoms with van der Waals surface area (Å²) in [6.45, 7) is 9.31. The Morgan fingerprint density at radius 2 is 2.28 bits per heavy atom. The molecule has 0 aromatic heterocycles. The Balaban J connectivity index is 2.52. The fraction of sp³-hybridized carbons (Fsp3) is 1.00. The van der Waals surface area contributed by atoms with Gasteiger partial charge in [0.15, 0.2) is 0 Å². The second-order valence-corrected chi connectivity index (χ2v) is 5.41. The first-order chi connectivity index (χ1) is 8.69. The predicted molar refractivity (Wildman–Crippen MR) is 75.0 cm³/mol. The Hall–Kier alpha value is -0.160. The molecule has 0 bridgehead atoms. The molecule has 0 saturated carbocycles. The normalized spacial score (nSPS) is 25.0. The number of nitrogens with one attached hydrogen (secondary N) is 1. The molecule has 1 N–H and O–H groups in total. The second-order valence-electron chi connectivity index (χ2n) is 5.41. The zero-order valence-corrected chi connectivity index (χ0v) is 12.4. The van der Waals surface area contributed by atoms with Crippen LogP contribution in [0.4, 0.5) is 0 Å². The van der Waals surface area contributed by atoms with Crippen molar-refractivity contribution in [1.29, 1.82) is 0 Å². The molecule has 4 nitrogen and oxygen atoms in total. The number of nitrogens with zero attached hydrogens (tertiary/aromatic N) is 1. The van der Waals surface area contributed by atoms with Crippen molar-refractivity contribution in [3.05, 3.63) is 0 Å². The third-order valence-electron chi connectivity index (χ3n) is 3.72. The van der Waals surface area contributed by atoms with Gasteiger partial charge in [-0.15, -0.1) is 0 Å². The van der Waals surface area contributed by atoms with Gasteiger partial charge in [-0.2, -0.15) is 0 Å². The van der Waals surface area contributed by atoms with E-state index in [1.807, 2.05) is 0 Å². The molecule has 0 aliphatic carbocycles. The molecule has 3 atom stereocenters. The molecule has 0 spiro atoms. The number of methoxy groups -OCH3 is 1. The van der Waals surface area contributed by atoms with Crippen LogP contribution in [0, 0.1) is 5.92 Å². The maximum atomic E-state index is 5.96. The fourth-order valence-corrected chi connectivity index (χ4v) is 2.52. The van der Waals surface area contributed by atoms with Gasteiger partial charge in [-0.05, 0) is 32.4 Å². The van der Waals surface area contributed by atoms with Gasteiger partial charge in [0.1, 0.15) is 0 Å². The zero-order chi connectivity index (χ0) is 13.4. The Bertz CT molecular complexity index is 214. The molecule has 4 heteroatoms. The van der Waals surface area contributed by atoms with Crippen LogP contribution in [0.3, 0.4) is 0 Å². The summed E-state index contributed by atoms with van der Waals surface area (Å²) in [5, 5.41) is 3.66. The summed E-state index contributed by atoms with van der Waals surface area (Å²) >= 11 is 0. The molecule has 18 heavy (non-hydrogen) atoms. The molecule has 0 aromatic carbocycles. The second kappa shape index (κ2) is 8.86. The highest BCUT2D eigenvalue weighted by molar-refractivity contribution is 4.85. The van der Waals surface area contributed by atoms with Crippen LogP contribution in [0.25, 0.3) is 0 Å². The highest BCUT2D eigenvalue weighted by Gasteiger charge is 2.30. The van der Waals surface area contributed by atoms with Gasteiger partial charge in [-0.1, -0.05) is 13.8 Å². The summed E-state index contributed by atoms with van der Waals surface area (Å²) in [5.41, 5.74) is 0. The van der Waals surface area contributed by atoms with Gasteiger partial charge >= 0.3 is 0 Å². The molecule has 0 radical (unpaired) electrons. The van der Waals surface area contributed by atoms with Gasteiger partial charge < -0.3 is 19.7 Å². The number of ether oxygens (including phenoxy) is 2. The van der Waals surface area contributed by atoms with E-state index in [0.717, 1.165) is 45.7 Å². The van der Waals surface area contributed by atoms with E-state index >= 15 is 0 Å². The molecule has 0 amide bonds. The molecule has 3 unspecified atom stereocenters. The minimum absolute atomic E-state index is 0.308. The lowest BCUT2D eigenvalue weighted by Gasteiger charge is -2.38. The monoisotopic (exact) mass is 258 g/mol. The van der Waals surface area contributed by atoms with Crippen LogP contribution < -0.4 is 5.32 Å². The maximum absolute atomic E-state index is 5.96. The quantitative estimate of drug-likeness (QED) is 0.713. The molecule has 1 aliphatic rings. The lowest BCUT2D eigenvalue weighted by atomic mass is 9.92. The predicted octanol–water partition coefficient (Wildman–Crippen LogP) is 1.36. The first kappa shape index (κ1) is 15.9. The largest absolute Gasteiger partial charge is 0.385 e. The SMILES string of the molecule is CCCNC(C(C)CCOC)C1CN(C)CCO1. The van der Waals surface area contributed by atoms with Gasteiger partial charge in [0, 0.05) is 32.8 Å². The molecule has 1 fully saturated rings. The first-order valence-electron chi connectivity index (χ1n) is 7.21. The molecular weight excluding hydrogens is 228 g/mol. The molecule has 0 aromatic rings. The Morgan fingerprint density at radius 1 is 1.50 bits per heavy atom. The van der Waals surface area contributed by atoms with Crippen LogP contribution in [-0.4, -0.2) is 64.1 Å². The van der Waals surface area contributed by atoms with Crippen molar-refractivity contribution < 1.29 is 9.47 Å². The summed E-state index contributed by atoms with van der Waals surface area (Å²) in [6.07, 6.45) is 2.56.